The van der Waals surface area contributed by atoms with Crippen molar-refractivity contribution in [1.82, 2.24) is 0 Å². The van der Waals surface area contributed by atoms with Crippen molar-refractivity contribution >= 4 is 41.9 Å². The predicted molar refractivity (Wildman–Crippen MR) is 88.5 cm³/mol. The summed E-state index contributed by atoms with van der Waals surface area (Å²) in [5.74, 6) is 0. The molecule has 0 unspecified atom stereocenters. The molecule has 1 aromatic rings. The van der Waals surface area contributed by atoms with E-state index in [1.807, 2.05) is 11.0 Å². The number of nitrogens with one attached hydrogen (secondary N) is 1. The predicted octanol–water partition coefficient (Wildman–Crippen LogP) is 1.26. The third-order valence-electron chi connectivity index (χ3n) is 3.28. The lowest BCUT2D eigenvalue weighted by atomic mass is 10.0. The van der Waals surface area contributed by atoms with Gasteiger partial charge in [0, 0.05) is 19.6 Å². The number of halogens is 2. The summed E-state index contributed by atoms with van der Waals surface area (Å²) >= 11 is 0. The van der Waals surface area contributed by atoms with Crippen molar-refractivity contribution in [1.29, 1.82) is 0 Å². The Balaban J connectivity index is 0.00000180. The van der Waals surface area contributed by atoms with Crippen molar-refractivity contribution in [3.63, 3.8) is 0 Å². The Morgan fingerprint density at radius 3 is 2.40 bits per heavy atom. The highest BCUT2D eigenvalue weighted by Crippen LogP contribution is 2.37. The van der Waals surface area contributed by atoms with Crippen LogP contribution in [0.2, 0.25) is 0 Å². The second-order valence-corrected chi connectivity index (χ2v) is 4.50. The van der Waals surface area contributed by atoms with Gasteiger partial charge in [0.2, 0.25) is 0 Å². The first kappa shape index (κ1) is 19.1. The Morgan fingerprint density at radius 1 is 1.15 bits per heavy atom. The highest BCUT2D eigenvalue weighted by Gasteiger charge is 2.19. The van der Waals surface area contributed by atoms with E-state index in [4.69, 9.17) is 15.9 Å². The van der Waals surface area contributed by atoms with Crippen LogP contribution >= 0.6 is 24.8 Å². The van der Waals surface area contributed by atoms with Gasteiger partial charge in [-0.2, -0.15) is 0 Å². The fraction of sp³-hybridized carbons (Fsp3) is 0.538. The van der Waals surface area contributed by atoms with E-state index in [1.165, 1.54) is 5.56 Å². The smallest absolute Gasteiger partial charge is 0.0839 e. The number of hydrogen-bond acceptors (Lipinski definition) is 5. The molecule has 1 heterocycles. The third-order valence-corrected chi connectivity index (χ3v) is 3.28. The molecular formula is C13H23Cl2N3O2. The summed E-state index contributed by atoms with van der Waals surface area (Å²) < 4.78 is 0. The highest BCUT2D eigenvalue weighted by molar-refractivity contribution is 5.86. The summed E-state index contributed by atoms with van der Waals surface area (Å²) in [5, 5.41) is 21.7. The summed E-state index contributed by atoms with van der Waals surface area (Å²) in [5.41, 5.74) is 9.97. The Labute approximate surface area is 132 Å². The topological polar surface area (TPSA) is 81.8 Å². The maximum Gasteiger partial charge on any atom is 0.0839 e. The first-order valence-electron chi connectivity index (χ1n) is 6.39. The number of aryl methyl sites for hydroxylation is 1. The molecule has 0 saturated heterocycles. The van der Waals surface area contributed by atoms with Crippen molar-refractivity contribution in [2.75, 3.05) is 48.8 Å². The largest absolute Gasteiger partial charge is 0.397 e. The van der Waals surface area contributed by atoms with E-state index >= 15 is 0 Å². The summed E-state index contributed by atoms with van der Waals surface area (Å²) in [7, 11) is 0. The molecule has 0 atom stereocenters. The first-order valence-corrected chi connectivity index (χ1v) is 6.39. The fourth-order valence-electron chi connectivity index (χ4n) is 2.46. The monoisotopic (exact) mass is 323 g/mol. The van der Waals surface area contributed by atoms with Gasteiger partial charge in [0.05, 0.1) is 30.3 Å². The van der Waals surface area contributed by atoms with Crippen LogP contribution in [0.3, 0.4) is 0 Å². The second kappa shape index (κ2) is 9.13. The number of benzene rings is 1. The molecule has 20 heavy (non-hydrogen) atoms. The zero-order chi connectivity index (χ0) is 13.0. The molecule has 1 aromatic carbocycles. The van der Waals surface area contributed by atoms with Crippen LogP contribution in [-0.4, -0.2) is 43.1 Å². The van der Waals surface area contributed by atoms with Crippen molar-refractivity contribution in [2.24, 2.45) is 0 Å². The normalized spacial score (nSPS) is 12.5. The lowest BCUT2D eigenvalue weighted by molar-refractivity contribution is 0.281. The van der Waals surface area contributed by atoms with E-state index in [1.54, 1.807) is 0 Å². The summed E-state index contributed by atoms with van der Waals surface area (Å²) in [6.07, 6.45) is 2.16. The van der Waals surface area contributed by atoms with Crippen LogP contribution in [0.15, 0.2) is 12.1 Å². The van der Waals surface area contributed by atoms with Gasteiger partial charge < -0.3 is 26.2 Å². The molecule has 5 nitrogen and oxygen atoms in total. The van der Waals surface area contributed by atoms with Gasteiger partial charge in [-0.15, -0.1) is 24.8 Å². The summed E-state index contributed by atoms with van der Waals surface area (Å²) in [6.45, 7) is 1.98. The zero-order valence-corrected chi connectivity index (χ0v) is 13.0. The number of anilines is 3. The van der Waals surface area contributed by atoms with Gasteiger partial charge in [0.15, 0.2) is 0 Å². The van der Waals surface area contributed by atoms with Gasteiger partial charge in [-0.1, -0.05) is 6.07 Å². The molecule has 2 rings (SSSR count). The lowest BCUT2D eigenvalue weighted by Crippen LogP contribution is -2.32. The minimum absolute atomic E-state index is 0. The molecule has 0 radical (unpaired) electrons. The molecule has 5 N–H and O–H groups in total. The number of rotatable bonds is 5. The van der Waals surface area contributed by atoms with Crippen molar-refractivity contribution in [3.05, 3.63) is 17.7 Å². The fourth-order valence-corrected chi connectivity index (χ4v) is 2.46. The van der Waals surface area contributed by atoms with Crippen molar-refractivity contribution in [3.8, 4) is 0 Å². The quantitative estimate of drug-likeness (QED) is 0.613. The van der Waals surface area contributed by atoms with Crippen LogP contribution in [0.25, 0.3) is 0 Å². The SMILES string of the molecule is Cl.Cl.Nc1ccc2c(c1N(CCO)CCO)NCCC2. The average Bonchev–Trinajstić information content (AvgIpc) is 2.38. The van der Waals surface area contributed by atoms with Crippen LogP contribution in [0.4, 0.5) is 17.1 Å². The maximum atomic E-state index is 9.14. The average molecular weight is 324 g/mol. The van der Waals surface area contributed by atoms with Gasteiger partial charge in [-0.25, -0.2) is 0 Å². The highest BCUT2D eigenvalue weighted by atomic mass is 35.5. The van der Waals surface area contributed by atoms with Gasteiger partial charge in [-0.05, 0) is 24.5 Å². The molecule has 0 spiro atoms. The zero-order valence-electron chi connectivity index (χ0n) is 11.3. The van der Waals surface area contributed by atoms with E-state index in [0.29, 0.717) is 18.8 Å². The van der Waals surface area contributed by atoms with E-state index in [0.717, 1.165) is 30.8 Å². The molecule has 1 aliphatic rings. The van der Waals surface area contributed by atoms with Crippen LogP contribution < -0.4 is 16.0 Å². The van der Waals surface area contributed by atoms with Crippen LogP contribution in [-0.2, 0) is 6.42 Å². The minimum atomic E-state index is 0. The molecule has 0 bridgehead atoms. The van der Waals surface area contributed by atoms with E-state index < -0.39 is 0 Å². The van der Waals surface area contributed by atoms with Crippen LogP contribution in [0.1, 0.15) is 12.0 Å². The van der Waals surface area contributed by atoms with E-state index in [2.05, 4.69) is 11.4 Å². The maximum absolute atomic E-state index is 9.14. The van der Waals surface area contributed by atoms with E-state index in [9.17, 15) is 0 Å². The minimum Gasteiger partial charge on any atom is -0.397 e. The molecule has 7 heteroatoms. The third kappa shape index (κ3) is 4.06. The Morgan fingerprint density at radius 2 is 1.80 bits per heavy atom. The standard InChI is InChI=1S/C13H21N3O2.2ClH/c14-11-4-3-10-2-1-5-15-12(10)13(11)16(6-8-17)7-9-18;;/h3-4,15,17-18H,1-2,5-9,14H2;2*1H. The Bertz CT molecular complexity index is 413. The number of nitrogen functional groups attached to an aromatic ring is 1. The van der Waals surface area contributed by atoms with Gasteiger partial charge in [-0.3, -0.25) is 0 Å². The van der Waals surface area contributed by atoms with Crippen molar-refractivity contribution < 1.29 is 10.2 Å². The molecular weight excluding hydrogens is 301 g/mol. The van der Waals surface area contributed by atoms with Gasteiger partial charge >= 0.3 is 0 Å². The molecule has 1 aliphatic heterocycles. The van der Waals surface area contributed by atoms with E-state index in [-0.39, 0.29) is 38.0 Å². The summed E-state index contributed by atoms with van der Waals surface area (Å²) in [4.78, 5) is 1.94. The van der Waals surface area contributed by atoms with Gasteiger partial charge in [0.25, 0.3) is 0 Å². The first-order chi connectivity index (χ1) is 8.77. The number of hydrogen-bond donors (Lipinski definition) is 4. The number of nitrogens with two attached hydrogens (primary N) is 1. The number of aliphatic hydroxyl groups excluding tert-OH is 2. The van der Waals surface area contributed by atoms with Gasteiger partial charge in [0.1, 0.15) is 0 Å². The lowest BCUT2D eigenvalue weighted by Gasteiger charge is -2.30. The molecule has 0 aromatic heterocycles. The second-order valence-electron chi connectivity index (χ2n) is 4.50. The molecule has 116 valence electrons. The summed E-state index contributed by atoms with van der Waals surface area (Å²) in [6, 6.07) is 3.96. The number of fused-ring (bicyclic) bond motifs is 1. The molecule has 0 fully saturated rings. The number of aliphatic hydroxyl groups is 2. The number of nitrogens with zero attached hydrogens (tertiary/aromatic N) is 1. The Hall–Kier alpha value is -0.880. The van der Waals surface area contributed by atoms with Crippen LogP contribution in [0, 0.1) is 0 Å². The molecule has 0 amide bonds. The Kier molecular flexibility index (Phi) is 8.73. The van der Waals surface area contributed by atoms with Crippen LogP contribution in [0.5, 0.6) is 0 Å². The molecule has 0 aliphatic carbocycles. The molecule has 0 saturated carbocycles. The van der Waals surface area contributed by atoms with Crippen molar-refractivity contribution in [2.45, 2.75) is 12.8 Å².